The zero-order valence-electron chi connectivity index (χ0n) is 15.1. The maximum atomic E-state index is 12.3. The molecule has 0 saturated carbocycles. The molecule has 2 fully saturated rings. The molecule has 0 aromatic carbocycles. The first-order valence-corrected chi connectivity index (χ1v) is 10.4. The van der Waals surface area contributed by atoms with Crippen molar-refractivity contribution in [2.24, 2.45) is 5.92 Å². The lowest BCUT2D eigenvalue weighted by Crippen LogP contribution is -2.44. The summed E-state index contributed by atoms with van der Waals surface area (Å²) >= 11 is 1.71. The van der Waals surface area contributed by atoms with Crippen molar-refractivity contribution in [2.75, 3.05) is 32.7 Å². The molecule has 0 radical (unpaired) electrons. The van der Waals surface area contributed by atoms with Crippen LogP contribution in [0.4, 0.5) is 0 Å². The molecule has 2 aliphatic heterocycles. The summed E-state index contributed by atoms with van der Waals surface area (Å²) in [6.07, 6.45) is 4.22. The van der Waals surface area contributed by atoms with Gasteiger partial charge in [-0.2, -0.15) is 0 Å². The fraction of sp³-hybridized carbons (Fsp3) is 0.632. The van der Waals surface area contributed by atoms with E-state index in [4.69, 9.17) is 0 Å². The zero-order chi connectivity index (χ0) is 18.4. The van der Waals surface area contributed by atoms with Gasteiger partial charge in [-0.25, -0.2) is 0 Å². The zero-order valence-corrected chi connectivity index (χ0v) is 15.9. The molecule has 142 valence electrons. The van der Waals surface area contributed by atoms with Crippen LogP contribution >= 0.6 is 11.3 Å². The van der Waals surface area contributed by atoms with Gasteiger partial charge in [-0.1, -0.05) is 6.07 Å². The summed E-state index contributed by atoms with van der Waals surface area (Å²) < 4.78 is 0. The van der Waals surface area contributed by atoms with Crippen molar-refractivity contribution in [1.82, 2.24) is 15.1 Å². The lowest BCUT2D eigenvalue weighted by molar-refractivity contribution is -0.136. The maximum absolute atomic E-state index is 12.3. The molecule has 0 atom stereocenters. The van der Waals surface area contributed by atoms with E-state index >= 15 is 0 Å². The molecule has 1 N–H and O–H groups in total. The van der Waals surface area contributed by atoms with Crippen LogP contribution in [0.1, 0.15) is 37.0 Å². The number of hydrogen-bond donors (Lipinski definition) is 1. The Morgan fingerprint density at radius 3 is 2.69 bits per heavy atom. The Kier molecular flexibility index (Phi) is 6.66. The van der Waals surface area contributed by atoms with Crippen LogP contribution in [-0.2, 0) is 20.8 Å². The average molecular weight is 378 g/mol. The summed E-state index contributed by atoms with van der Waals surface area (Å²) in [5, 5.41) is 5.07. The Balaban J connectivity index is 1.33. The number of hydrogen-bond acceptors (Lipinski definition) is 4. The number of carbonyl (C=O) groups is 3. The molecule has 0 aliphatic carbocycles. The molecule has 7 heteroatoms. The van der Waals surface area contributed by atoms with Crippen LogP contribution < -0.4 is 5.32 Å². The monoisotopic (exact) mass is 377 g/mol. The van der Waals surface area contributed by atoms with Gasteiger partial charge in [0, 0.05) is 56.4 Å². The average Bonchev–Trinajstić information content (AvgIpc) is 3.31. The van der Waals surface area contributed by atoms with Crippen molar-refractivity contribution in [1.29, 1.82) is 0 Å². The van der Waals surface area contributed by atoms with Crippen LogP contribution in [0.5, 0.6) is 0 Å². The van der Waals surface area contributed by atoms with Crippen LogP contribution in [0.25, 0.3) is 0 Å². The number of carbonyl (C=O) groups excluding carboxylic acids is 3. The summed E-state index contributed by atoms with van der Waals surface area (Å²) in [6.45, 7) is 3.24. The molecule has 6 nitrogen and oxygen atoms in total. The molecule has 3 heterocycles. The smallest absolute Gasteiger partial charge is 0.224 e. The number of rotatable bonds is 7. The molecule has 3 amide bonds. The van der Waals surface area contributed by atoms with E-state index in [0.29, 0.717) is 39.0 Å². The summed E-state index contributed by atoms with van der Waals surface area (Å²) in [4.78, 5) is 41.1. The molecule has 1 aromatic rings. The Morgan fingerprint density at radius 2 is 2.04 bits per heavy atom. The predicted octanol–water partition coefficient (Wildman–Crippen LogP) is 1.66. The van der Waals surface area contributed by atoms with Crippen LogP contribution in [0, 0.1) is 5.92 Å². The first kappa shape index (κ1) is 18.9. The van der Waals surface area contributed by atoms with Gasteiger partial charge in [0.15, 0.2) is 0 Å². The Bertz CT molecular complexity index is 624. The number of nitrogens with one attached hydrogen (secondary N) is 1. The molecule has 1 aromatic heterocycles. The van der Waals surface area contributed by atoms with Crippen LogP contribution in [-0.4, -0.2) is 60.2 Å². The minimum absolute atomic E-state index is 0.00236. The number of likely N-dealkylation sites (tertiary alicyclic amines) is 2. The van der Waals surface area contributed by atoms with Crippen LogP contribution in [0.2, 0.25) is 0 Å². The second-order valence-electron chi connectivity index (χ2n) is 7.01. The normalized spacial score (nSPS) is 18.4. The van der Waals surface area contributed by atoms with Gasteiger partial charge in [0.25, 0.3) is 0 Å². The first-order chi connectivity index (χ1) is 12.6. The molecule has 0 spiro atoms. The highest BCUT2D eigenvalue weighted by Crippen LogP contribution is 2.19. The highest BCUT2D eigenvalue weighted by molar-refractivity contribution is 7.09. The van der Waals surface area contributed by atoms with Crippen LogP contribution in [0.3, 0.4) is 0 Å². The second kappa shape index (κ2) is 9.16. The molecule has 3 rings (SSSR count). The van der Waals surface area contributed by atoms with Gasteiger partial charge in [0.1, 0.15) is 0 Å². The Hall–Kier alpha value is -1.89. The minimum atomic E-state index is 0.00236. The van der Waals surface area contributed by atoms with Gasteiger partial charge in [-0.3, -0.25) is 14.4 Å². The number of nitrogens with zero attached hydrogens (tertiary/aromatic N) is 2. The van der Waals surface area contributed by atoms with Gasteiger partial charge >= 0.3 is 0 Å². The largest absolute Gasteiger partial charge is 0.355 e. The quantitative estimate of drug-likeness (QED) is 0.786. The van der Waals surface area contributed by atoms with Crippen molar-refractivity contribution in [3.8, 4) is 0 Å². The van der Waals surface area contributed by atoms with Crippen molar-refractivity contribution in [3.05, 3.63) is 22.4 Å². The van der Waals surface area contributed by atoms with E-state index in [1.165, 1.54) is 4.88 Å². The van der Waals surface area contributed by atoms with Gasteiger partial charge in [-0.05, 0) is 37.1 Å². The molecular formula is C19H27N3O3S. The third-order valence-corrected chi connectivity index (χ3v) is 6.17. The maximum Gasteiger partial charge on any atom is 0.224 e. The molecule has 26 heavy (non-hydrogen) atoms. The lowest BCUT2D eigenvalue weighted by atomic mass is 9.95. The van der Waals surface area contributed by atoms with E-state index in [9.17, 15) is 14.4 Å². The van der Waals surface area contributed by atoms with E-state index in [2.05, 4.69) is 11.4 Å². The molecular weight excluding hydrogens is 350 g/mol. The van der Waals surface area contributed by atoms with E-state index < -0.39 is 0 Å². The third-order valence-electron chi connectivity index (χ3n) is 5.24. The highest BCUT2D eigenvalue weighted by Gasteiger charge is 2.28. The van der Waals surface area contributed by atoms with Gasteiger partial charge < -0.3 is 15.1 Å². The molecule has 2 aliphatic rings. The molecule has 0 unspecified atom stereocenters. The van der Waals surface area contributed by atoms with E-state index in [1.807, 2.05) is 16.3 Å². The van der Waals surface area contributed by atoms with Gasteiger partial charge in [0.05, 0.1) is 0 Å². The van der Waals surface area contributed by atoms with Crippen molar-refractivity contribution in [3.63, 3.8) is 0 Å². The number of piperidine rings is 1. The first-order valence-electron chi connectivity index (χ1n) is 9.49. The second-order valence-corrected chi connectivity index (χ2v) is 8.04. The van der Waals surface area contributed by atoms with E-state index in [-0.39, 0.29) is 23.6 Å². The topological polar surface area (TPSA) is 69.7 Å². The molecule has 2 saturated heterocycles. The van der Waals surface area contributed by atoms with Crippen molar-refractivity contribution < 1.29 is 14.4 Å². The van der Waals surface area contributed by atoms with Crippen molar-refractivity contribution in [2.45, 2.75) is 38.5 Å². The summed E-state index contributed by atoms with van der Waals surface area (Å²) in [7, 11) is 0. The van der Waals surface area contributed by atoms with E-state index in [1.54, 1.807) is 16.2 Å². The van der Waals surface area contributed by atoms with Gasteiger partial charge in [-0.15, -0.1) is 11.3 Å². The standard InChI is InChI=1S/C19H27N3O3S/c23-17-4-1-10-21(17)13-8-18(24)22-11-6-15(7-12-22)19(25)20-9-5-16-3-2-14-26-16/h2-3,14-15H,1,4-13H2,(H,20,25). The summed E-state index contributed by atoms with van der Waals surface area (Å²) in [6, 6.07) is 4.10. The number of thiophene rings is 1. The lowest BCUT2D eigenvalue weighted by Gasteiger charge is -2.31. The predicted molar refractivity (Wildman–Crippen MR) is 101 cm³/mol. The fourth-order valence-electron chi connectivity index (χ4n) is 3.63. The molecule has 0 bridgehead atoms. The minimum Gasteiger partial charge on any atom is -0.355 e. The van der Waals surface area contributed by atoms with Crippen molar-refractivity contribution >= 4 is 29.1 Å². The summed E-state index contributed by atoms with van der Waals surface area (Å²) in [5.41, 5.74) is 0. The summed E-state index contributed by atoms with van der Waals surface area (Å²) in [5.74, 6) is 0.371. The SMILES string of the molecule is O=C(NCCc1cccs1)C1CCN(C(=O)CCN2CCCC2=O)CC1. The fourth-order valence-corrected chi connectivity index (χ4v) is 4.34. The third kappa shape index (κ3) is 5.06. The Labute approximate surface area is 158 Å². The number of amides is 3. The van der Waals surface area contributed by atoms with Crippen LogP contribution in [0.15, 0.2) is 17.5 Å². The van der Waals surface area contributed by atoms with Gasteiger partial charge in [0.2, 0.25) is 17.7 Å². The van der Waals surface area contributed by atoms with E-state index in [0.717, 1.165) is 32.2 Å². The Morgan fingerprint density at radius 1 is 1.23 bits per heavy atom. The highest BCUT2D eigenvalue weighted by atomic mass is 32.1.